The third-order valence-corrected chi connectivity index (χ3v) is 1.84. The molecule has 1 atom stereocenters. The Kier molecular flexibility index (Phi) is 3.01. The summed E-state index contributed by atoms with van der Waals surface area (Å²) in [6, 6.07) is 3.75. The van der Waals surface area contributed by atoms with Crippen molar-refractivity contribution in [1.29, 1.82) is 0 Å². The average Bonchev–Trinajstić information content (AvgIpc) is 2.15. The van der Waals surface area contributed by atoms with Crippen molar-refractivity contribution >= 4 is 11.7 Å². The molecule has 6 nitrogen and oxygen atoms in total. The van der Waals surface area contributed by atoms with Crippen LogP contribution in [-0.2, 0) is 4.79 Å². The number of aliphatic hydroxyl groups is 1. The number of carboxylic acids is 1. The van der Waals surface area contributed by atoms with Gasteiger partial charge < -0.3 is 10.2 Å². The first kappa shape index (κ1) is 11.1. The number of benzene rings is 1. The van der Waals surface area contributed by atoms with Crippen molar-refractivity contribution < 1.29 is 19.9 Å². The van der Waals surface area contributed by atoms with Gasteiger partial charge in [0.2, 0.25) is 0 Å². The number of rotatable bonds is 3. The van der Waals surface area contributed by atoms with Crippen molar-refractivity contribution in [2.24, 2.45) is 0 Å². The molecule has 0 radical (unpaired) electrons. The maximum absolute atomic E-state index is 10.5. The van der Waals surface area contributed by atoms with Gasteiger partial charge in [-0.05, 0) is 18.1 Å². The van der Waals surface area contributed by atoms with Crippen molar-refractivity contribution in [3.8, 4) is 0 Å². The summed E-state index contributed by atoms with van der Waals surface area (Å²) in [4.78, 5) is 20.3. The van der Waals surface area contributed by atoms with E-state index in [0.29, 0.717) is 5.56 Å². The van der Waals surface area contributed by atoms with Crippen molar-refractivity contribution in [3.63, 3.8) is 0 Å². The molecule has 80 valence electrons. The van der Waals surface area contributed by atoms with Gasteiger partial charge in [0.1, 0.15) is 0 Å². The SMILES string of the molecule is Cc1cc(C(O)C(=O)O)cc([N+](=O)[O-])c1. The van der Waals surface area contributed by atoms with Crippen LogP contribution < -0.4 is 0 Å². The molecule has 6 heteroatoms. The zero-order chi connectivity index (χ0) is 11.6. The number of hydrogen-bond acceptors (Lipinski definition) is 4. The van der Waals surface area contributed by atoms with E-state index in [1.54, 1.807) is 6.92 Å². The summed E-state index contributed by atoms with van der Waals surface area (Å²) in [7, 11) is 0. The minimum Gasteiger partial charge on any atom is -0.479 e. The Morgan fingerprint density at radius 2 is 2.07 bits per heavy atom. The molecule has 0 aromatic heterocycles. The van der Waals surface area contributed by atoms with Crippen LogP contribution in [0, 0.1) is 17.0 Å². The molecule has 0 saturated carbocycles. The predicted octanol–water partition coefficient (Wildman–Crippen LogP) is 1.02. The third kappa shape index (κ3) is 2.50. The zero-order valence-corrected chi connectivity index (χ0v) is 7.88. The van der Waals surface area contributed by atoms with Gasteiger partial charge >= 0.3 is 5.97 Å². The van der Waals surface area contributed by atoms with E-state index in [0.717, 1.165) is 6.07 Å². The van der Waals surface area contributed by atoms with E-state index in [2.05, 4.69) is 0 Å². The van der Waals surface area contributed by atoms with E-state index in [4.69, 9.17) is 5.11 Å². The molecule has 0 spiro atoms. The van der Waals surface area contributed by atoms with Crippen molar-refractivity contribution in [2.75, 3.05) is 0 Å². The molecule has 0 heterocycles. The van der Waals surface area contributed by atoms with Crippen LogP contribution in [0.3, 0.4) is 0 Å². The van der Waals surface area contributed by atoms with Crippen LogP contribution in [-0.4, -0.2) is 21.1 Å². The highest BCUT2D eigenvalue weighted by Crippen LogP contribution is 2.21. The number of aliphatic hydroxyl groups excluding tert-OH is 1. The summed E-state index contributed by atoms with van der Waals surface area (Å²) in [5.74, 6) is -1.44. The Bertz CT molecular complexity index is 415. The molecule has 0 bridgehead atoms. The normalized spacial score (nSPS) is 12.1. The van der Waals surface area contributed by atoms with E-state index in [9.17, 15) is 20.0 Å². The fourth-order valence-corrected chi connectivity index (χ4v) is 1.20. The number of hydrogen-bond donors (Lipinski definition) is 2. The van der Waals surface area contributed by atoms with E-state index in [1.807, 2.05) is 0 Å². The molecule has 1 aromatic carbocycles. The molecule has 15 heavy (non-hydrogen) atoms. The number of nitro groups is 1. The summed E-state index contributed by atoms with van der Waals surface area (Å²) >= 11 is 0. The molecule has 0 aliphatic rings. The lowest BCUT2D eigenvalue weighted by atomic mass is 10.1. The highest BCUT2D eigenvalue weighted by Gasteiger charge is 2.19. The van der Waals surface area contributed by atoms with Gasteiger partial charge in [-0.25, -0.2) is 4.79 Å². The lowest BCUT2D eigenvalue weighted by Crippen LogP contribution is -2.10. The van der Waals surface area contributed by atoms with Gasteiger partial charge in [0.25, 0.3) is 5.69 Å². The summed E-state index contributed by atoms with van der Waals surface area (Å²) in [6.45, 7) is 1.59. The maximum atomic E-state index is 10.5. The number of nitro benzene ring substituents is 1. The highest BCUT2D eigenvalue weighted by atomic mass is 16.6. The van der Waals surface area contributed by atoms with Crippen molar-refractivity contribution in [3.05, 3.63) is 39.4 Å². The third-order valence-electron chi connectivity index (χ3n) is 1.84. The predicted molar refractivity (Wildman–Crippen MR) is 50.4 cm³/mol. The minimum absolute atomic E-state index is 0.00852. The average molecular weight is 211 g/mol. The second-order valence-corrected chi connectivity index (χ2v) is 3.10. The second-order valence-electron chi connectivity index (χ2n) is 3.10. The summed E-state index contributed by atoms with van der Waals surface area (Å²) in [5, 5.41) is 28.2. The number of nitrogens with zero attached hydrogens (tertiary/aromatic N) is 1. The standard InChI is InChI=1S/C9H9NO5/c1-5-2-6(8(11)9(12)13)4-7(3-5)10(14)15/h2-4,8,11H,1H3,(H,12,13). The van der Waals surface area contributed by atoms with Crippen LogP contribution in [0.4, 0.5) is 5.69 Å². The monoisotopic (exact) mass is 211 g/mol. The lowest BCUT2D eigenvalue weighted by Gasteiger charge is -2.06. The van der Waals surface area contributed by atoms with Crippen LogP contribution in [0.5, 0.6) is 0 Å². The number of carboxylic acid groups (broad SMARTS) is 1. The first-order valence-corrected chi connectivity index (χ1v) is 4.08. The molecule has 0 amide bonds. The highest BCUT2D eigenvalue weighted by molar-refractivity contribution is 5.74. The molecule has 0 aliphatic carbocycles. The molecule has 0 aliphatic heterocycles. The van der Waals surface area contributed by atoms with E-state index in [-0.39, 0.29) is 11.3 Å². The zero-order valence-electron chi connectivity index (χ0n) is 7.88. The van der Waals surface area contributed by atoms with Crippen LogP contribution in [0.25, 0.3) is 0 Å². The van der Waals surface area contributed by atoms with Gasteiger partial charge in [0, 0.05) is 12.1 Å². The van der Waals surface area contributed by atoms with E-state index >= 15 is 0 Å². The molecule has 1 rings (SSSR count). The molecule has 0 saturated heterocycles. The van der Waals surface area contributed by atoms with Crippen LogP contribution >= 0.6 is 0 Å². The smallest absolute Gasteiger partial charge is 0.337 e. The Labute approximate surface area is 84.9 Å². The lowest BCUT2D eigenvalue weighted by molar-refractivity contribution is -0.385. The largest absolute Gasteiger partial charge is 0.479 e. The number of aliphatic carboxylic acids is 1. The summed E-state index contributed by atoms with van der Waals surface area (Å²) < 4.78 is 0. The van der Waals surface area contributed by atoms with Crippen molar-refractivity contribution in [2.45, 2.75) is 13.0 Å². The van der Waals surface area contributed by atoms with Gasteiger partial charge in [-0.3, -0.25) is 10.1 Å². The fourth-order valence-electron chi connectivity index (χ4n) is 1.20. The van der Waals surface area contributed by atoms with E-state index in [1.165, 1.54) is 12.1 Å². The number of aryl methyl sites for hydroxylation is 1. The summed E-state index contributed by atoms with van der Waals surface area (Å²) in [6.07, 6.45) is -1.73. The van der Waals surface area contributed by atoms with Crippen molar-refractivity contribution in [1.82, 2.24) is 0 Å². The Morgan fingerprint density at radius 1 is 1.47 bits per heavy atom. The first-order valence-electron chi connectivity index (χ1n) is 4.08. The quantitative estimate of drug-likeness (QED) is 0.574. The second kappa shape index (κ2) is 4.05. The molecule has 2 N–H and O–H groups in total. The number of non-ortho nitro benzene ring substituents is 1. The van der Waals surface area contributed by atoms with Gasteiger partial charge in [0.15, 0.2) is 6.10 Å². The Hall–Kier alpha value is -1.95. The minimum atomic E-state index is -1.73. The van der Waals surface area contributed by atoms with Gasteiger partial charge in [0.05, 0.1) is 4.92 Å². The molecule has 0 fully saturated rings. The van der Waals surface area contributed by atoms with E-state index < -0.39 is 17.0 Å². The topological polar surface area (TPSA) is 101 Å². The number of carbonyl (C=O) groups is 1. The maximum Gasteiger partial charge on any atom is 0.337 e. The van der Waals surface area contributed by atoms with Gasteiger partial charge in [-0.2, -0.15) is 0 Å². The Morgan fingerprint density at radius 3 is 2.53 bits per heavy atom. The first-order chi connectivity index (χ1) is 6.91. The van der Waals surface area contributed by atoms with Crippen LogP contribution in [0.2, 0.25) is 0 Å². The Balaban J connectivity index is 3.20. The summed E-state index contributed by atoms with van der Waals surface area (Å²) in [5.41, 5.74) is 0.305. The van der Waals surface area contributed by atoms with Crippen LogP contribution in [0.1, 0.15) is 17.2 Å². The molecular weight excluding hydrogens is 202 g/mol. The van der Waals surface area contributed by atoms with Gasteiger partial charge in [-0.1, -0.05) is 6.07 Å². The fraction of sp³-hybridized carbons (Fsp3) is 0.222. The van der Waals surface area contributed by atoms with Gasteiger partial charge in [-0.15, -0.1) is 0 Å². The molecular formula is C9H9NO5. The van der Waals surface area contributed by atoms with Crippen LogP contribution in [0.15, 0.2) is 18.2 Å². The molecule has 1 unspecified atom stereocenters. The molecule has 1 aromatic rings.